The summed E-state index contributed by atoms with van der Waals surface area (Å²) < 4.78 is 0. The lowest BCUT2D eigenvalue weighted by Crippen LogP contribution is -2.46. The van der Waals surface area contributed by atoms with Gasteiger partial charge in [0.1, 0.15) is 0 Å². The molecular formula is C11H15N5O2. The Labute approximate surface area is 103 Å². The quantitative estimate of drug-likeness (QED) is 0.446. The Kier molecular flexibility index (Phi) is 3.45. The first-order chi connectivity index (χ1) is 8.60. The van der Waals surface area contributed by atoms with E-state index in [1.54, 1.807) is 19.2 Å². The van der Waals surface area contributed by atoms with Crippen molar-refractivity contribution in [3.8, 4) is 0 Å². The number of imidazole rings is 1. The monoisotopic (exact) mass is 249 g/mol. The van der Waals surface area contributed by atoms with Crippen molar-refractivity contribution < 1.29 is 4.79 Å². The van der Waals surface area contributed by atoms with E-state index in [-0.39, 0.29) is 11.6 Å². The zero-order chi connectivity index (χ0) is 13.1. The van der Waals surface area contributed by atoms with Crippen molar-refractivity contribution in [3.05, 3.63) is 34.2 Å². The average molecular weight is 249 g/mol. The van der Waals surface area contributed by atoms with E-state index in [9.17, 15) is 9.59 Å². The number of aromatic amines is 2. The Bertz CT molecular complexity index is 615. The third-order valence-corrected chi connectivity index (χ3v) is 2.62. The molecule has 0 saturated carbocycles. The molecule has 0 radical (unpaired) electrons. The number of hydrogen-bond acceptors (Lipinski definition) is 4. The molecule has 0 spiro atoms. The number of H-pyrrole nitrogens is 2. The summed E-state index contributed by atoms with van der Waals surface area (Å²) in [5, 5.41) is 0. The first-order valence-corrected chi connectivity index (χ1v) is 5.53. The van der Waals surface area contributed by atoms with E-state index >= 15 is 0 Å². The summed E-state index contributed by atoms with van der Waals surface area (Å²) in [4.78, 5) is 27.9. The van der Waals surface area contributed by atoms with Crippen LogP contribution in [0, 0.1) is 0 Å². The van der Waals surface area contributed by atoms with Crippen LogP contribution in [-0.2, 0) is 11.2 Å². The Hall–Kier alpha value is -2.12. The van der Waals surface area contributed by atoms with Crippen LogP contribution in [-0.4, -0.2) is 29.0 Å². The molecule has 7 heteroatoms. The lowest BCUT2D eigenvalue weighted by Gasteiger charge is -2.11. The van der Waals surface area contributed by atoms with E-state index in [0.717, 1.165) is 11.1 Å². The Morgan fingerprint density at radius 2 is 2.11 bits per heavy atom. The second kappa shape index (κ2) is 5.03. The van der Waals surface area contributed by atoms with E-state index in [1.165, 1.54) is 0 Å². The highest BCUT2D eigenvalue weighted by Crippen LogP contribution is 2.11. The van der Waals surface area contributed by atoms with Crippen molar-refractivity contribution in [1.82, 2.24) is 20.8 Å². The molecule has 1 heterocycles. The molecule has 0 aliphatic carbocycles. The van der Waals surface area contributed by atoms with E-state index in [4.69, 9.17) is 5.73 Å². The summed E-state index contributed by atoms with van der Waals surface area (Å²) in [5.74, 6) is -0.278. The molecule has 2 rings (SSSR count). The summed E-state index contributed by atoms with van der Waals surface area (Å²) in [5.41, 5.74) is 12.8. The molecule has 1 aromatic carbocycles. The largest absolute Gasteiger partial charge is 0.323 e. The van der Waals surface area contributed by atoms with Gasteiger partial charge in [-0.2, -0.15) is 0 Å². The third-order valence-electron chi connectivity index (χ3n) is 2.62. The van der Waals surface area contributed by atoms with Gasteiger partial charge in [-0.15, -0.1) is 0 Å². The van der Waals surface area contributed by atoms with Crippen LogP contribution in [0.1, 0.15) is 5.56 Å². The van der Waals surface area contributed by atoms with Crippen molar-refractivity contribution in [2.24, 2.45) is 5.73 Å². The number of nitrogens with one attached hydrogen (secondary N) is 4. The van der Waals surface area contributed by atoms with Gasteiger partial charge >= 0.3 is 5.69 Å². The molecule has 6 N–H and O–H groups in total. The van der Waals surface area contributed by atoms with Gasteiger partial charge < -0.3 is 15.7 Å². The van der Waals surface area contributed by atoms with Crippen LogP contribution in [0.25, 0.3) is 11.0 Å². The maximum absolute atomic E-state index is 11.5. The van der Waals surface area contributed by atoms with Crippen LogP contribution >= 0.6 is 0 Å². The van der Waals surface area contributed by atoms with Crippen LogP contribution in [0.4, 0.5) is 0 Å². The number of fused-ring (bicyclic) bond motifs is 1. The molecule has 1 amide bonds. The molecule has 0 fully saturated rings. The van der Waals surface area contributed by atoms with Crippen molar-refractivity contribution in [2.75, 3.05) is 7.05 Å². The zero-order valence-corrected chi connectivity index (χ0v) is 9.91. The van der Waals surface area contributed by atoms with Crippen molar-refractivity contribution >= 4 is 16.9 Å². The predicted molar refractivity (Wildman–Crippen MR) is 67.8 cm³/mol. The van der Waals surface area contributed by atoms with Crippen molar-refractivity contribution in [2.45, 2.75) is 12.5 Å². The van der Waals surface area contributed by atoms with Crippen molar-refractivity contribution in [3.63, 3.8) is 0 Å². The van der Waals surface area contributed by atoms with Gasteiger partial charge in [-0.3, -0.25) is 10.2 Å². The normalized spacial score (nSPS) is 12.6. The molecule has 7 nitrogen and oxygen atoms in total. The lowest BCUT2D eigenvalue weighted by molar-refractivity contribution is -0.123. The number of aromatic nitrogens is 2. The molecule has 96 valence electrons. The van der Waals surface area contributed by atoms with E-state index in [2.05, 4.69) is 20.8 Å². The molecular weight excluding hydrogens is 234 g/mol. The summed E-state index contributed by atoms with van der Waals surface area (Å²) in [7, 11) is 1.60. The maximum atomic E-state index is 11.5. The fraction of sp³-hybridized carbons (Fsp3) is 0.273. The molecule has 0 saturated heterocycles. The van der Waals surface area contributed by atoms with E-state index < -0.39 is 6.04 Å². The maximum Gasteiger partial charge on any atom is 0.323 e. The number of carbonyl (C=O) groups excluding carboxylic acids is 1. The molecule has 18 heavy (non-hydrogen) atoms. The highest BCUT2D eigenvalue weighted by molar-refractivity contribution is 5.81. The predicted octanol–water partition coefficient (Wildman–Crippen LogP) is -1.02. The van der Waals surface area contributed by atoms with Crippen LogP contribution in [0.5, 0.6) is 0 Å². The van der Waals surface area contributed by atoms with Crippen LogP contribution in [0.15, 0.2) is 23.0 Å². The number of hydrogen-bond donors (Lipinski definition) is 5. The molecule has 1 unspecified atom stereocenters. The second-order valence-electron chi connectivity index (χ2n) is 4.01. The number of nitrogens with two attached hydrogens (primary N) is 1. The number of rotatable bonds is 4. The number of carbonyl (C=O) groups is 1. The summed E-state index contributed by atoms with van der Waals surface area (Å²) in [6, 6.07) is 4.78. The molecule has 1 atom stereocenters. The first-order valence-electron chi connectivity index (χ1n) is 5.53. The fourth-order valence-corrected chi connectivity index (χ4v) is 1.77. The fourth-order valence-electron chi connectivity index (χ4n) is 1.77. The molecule has 0 aliphatic rings. The summed E-state index contributed by atoms with van der Waals surface area (Å²) in [6.07, 6.45) is 0.399. The van der Waals surface area contributed by atoms with Gasteiger partial charge in [0.2, 0.25) is 0 Å². The highest BCUT2D eigenvalue weighted by atomic mass is 16.2. The lowest BCUT2D eigenvalue weighted by atomic mass is 10.1. The molecule has 1 aromatic heterocycles. The SMILES string of the molecule is CNNC(=O)C(N)Cc1ccc2[nH]c(=O)[nH]c2c1. The van der Waals surface area contributed by atoms with E-state index in [1.807, 2.05) is 6.07 Å². The average Bonchev–Trinajstić information content (AvgIpc) is 2.68. The minimum Gasteiger partial charge on any atom is -0.320 e. The number of hydrazine groups is 1. The molecule has 2 aromatic rings. The van der Waals surface area contributed by atoms with Gasteiger partial charge in [-0.25, -0.2) is 10.2 Å². The van der Waals surface area contributed by atoms with Gasteiger partial charge in [0.15, 0.2) is 0 Å². The minimum atomic E-state index is -0.638. The smallest absolute Gasteiger partial charge is 0.320 e. The van der Waals surface area contributed by atoms with Gasteiger partial charge in [0.25, 0.3) is 5.91 Å². The van der Waals surface area contributed by atoms with E-state index in [0.29, 0.717) is 11.9 Å². The Balaban J connectivity index is 2.16. The van der Waals surface area contributed by atoms with Gasteiger partial charge in [0, 0.05) is 7.05 Å². The minimum absolute atomic E-state index is 0.251. The third kappa shape index (κ3) is 2.58. The van der Waals surface area contributed by atoms with Crippen molar-refractivity contribution in [1.29, 1.82) is 0 Å². The number of benzene rings is 1. The Morgan fingerprint density at radius 1 is 1.39 bits per heavy atom. The highest BCUT2D eigenvalue weighted by Gasteiger charge is 2.13. The van der Waals surface area contributed by atoms with Crippen LogP contribution < -0.4 is 22.3 Å². The van der Waals surface area contributed by atoms with Gasteiger partial charge in [-0.05, 0) is 24.1 Å². The van der Waals surface area contributed by atoms with Gasteiger partial charge in [0.05, 0.1) is 17.1 Å². The van der Waals surface area contributed by atoms with Crippen LogP contribution in [0.2, 0.25) is 0 Å². The summed E-state index contributed by atoms with van der Waals surface area (Å²) >= 11 is 0. The van der Waals surface area contributed by atoms with Crippen LogP contribution in [0.3, 0.4) is 0 Å². The standard InChI is InChI=1S/C11H15N5O2/c1-13-16-10(17)7(12)4-6-2-3-8-9(5-6)15-11(18)14-8/h2-3,5,7,13H,4,12H2,1H3,(H,16,17)(H2,14,15,18). The molecule has 0 aliphatic heterocycles. The summed E-state index contributed by atoms with van der Waals surface area (Å²) in [6.45, 7) is 0. The Morgan fingerprint density at radius 3 is 2.83 bits per heavy atom. The molecule has 0 bridgehead atoms. The number of amides is 1. The first kappa shape index (κ1) is 12.3. The zero-order valence-electron chi connectivity index (χ0n) is 9.91. The topological polar surface area (TPSA) is 116 Å². The second-order valence-corrected chi connectivity index (χ2v) is 4.01. The van der Waals surface area contributed by atoms with Gasteiger partial charge in [-0.1, -0.05) is 6.07 Å².